The number of rotatable bonds is 20. The highest BCUT2D eigenvalue weighted by Crippen LogP contribution is 2.37. The van der Waals surface area contributed by atoms with Crippen molar-refractivity contribution < 1.29 is 9.47 Å². The zero-order chi connectivity index (χ0) is 32.1. The molecule has 0 aliphatic rings. The third-order valence-electron chi connectivity index (χ3n) is 7.63. The Labute approximate surface area is 272 Å². The molecule has 0 saturated heterocycles. The number of ether oxygens (including phenoxy) is 2. The predicted molar refractivity (Wildman–Crippen MR) is 187 cm³/mol. The van der Waals surface area contributed by atoms with Gasteiger partial charge in [-0.15, -0.1) is 0 Å². The van der Waals surface area contributed by atoms with Gasteiger partial charge in [0.1, 0.15) is 11.5 Å². The molecular weight excluding hydrogens is 572 g/mol. The van der Waals surface area contributed by atoms with E-state index in [-0.39, 0.29) is 0 Å². The molecule has 0 heterocycles. The van der Waals surface area contributed by atoms with Gasteiger partial charge in [0.05, 0.1) is 13.2 Å². The van der Waals surface area contributed by atoms with Crippen LogP contribution in [0.3, 0.4) is 0 Å². The molecule has 0 fully saturated rings. The van der Waals surface area contributed by atoms with Gasteiger partial charge >= 0.3 is 0 Å². The van der Waals surface area contributed by atoms with E-state index >= 15 is 0 Å². The smallest absolute Gasteiger partial charge is 0.119 e. The molecule has 0 atom stereocenters. The lowest BCUT2D eigenvalue weighted by atomic mass is 9.86. The molecule has 0 saturated carbocycles. The molecule has 46 heavy (non-hydrogen) atoms. The van der Waals surface area contributed by atoms with Gasteiger partial charge in [0.25, 0.3) is 0 Å². The molecule has 0 spiro atoms. The van der Waals surface area contributed by atoms with Crippen molar-refractivity contribution in [1.29, 1.82) is 0 Å². The van der Waals surface area contributed by atoms with Gasteiger partial charge in [-0.3, -0.25) is 0 Å². The van der Waals surface area contributed by atoms with Crippen molar-refractivity contribution in [1.82, 2.24) is 0 Å². The minimum atomic E-state index is 0.558. The number of hydrogen-bond donors (Lipinski definition) is 0. The van der Waals surface area contributed by atoms with Gasteiger partial charge in [0.15, 0.2) is 0 Å². The lowest BCUT2D eigenvalue weighted by molar-refractivity contribution is 0.304. The zero-order valence-electron chi connectivity index (χ0n) is 26.4. The number of azide groups is 2. The van der Waals surface area contributed by atoms with E-state index in [1.165, 1.54) is 0 Å². The summed E-state index contributed by atoms with van der Waals surface area (Å²) in [6.45, 7) is 2.43. The largest absolute Gasteiger partial charge is 0.494 e. The Morgan fingerprint density at radius 1 is 0.435 bits per heavy atom. The fraction of sp³-hybridized carbons (Fsp3) is 0.316. The summed E-state index contributed by atoms with van der Waals surface area (Å²) in [5.74, 6) is 1.70. The van der Waals surface area contributed by atoms with Crippen LogP contribution in [-0.2, 0) is 0 Å². The van der Waals surface area contributed by atoms with Crippen molar-refractivity contribution >= 4 is 11.1 Å². The fourth-order valence-electron chi connectivity index (χ4n) is 5.30. The first-order chi connectivity index (χ1) is 22.8. The average Bonchev–Trinajstić information content (AvgIpc) is 3.11. The molecule has 4 aromatic rings. The molecule has 0 bridgehead atoms. The first-order valence-electron chi connectivity index (χ1n) is 16.1. The third kappa shape index (κ3) is 11.1. The summed E-state index contributed by atoms with van der Waals surface area (Å²) >= 11 is 0. The van der Waals surface area contributed by atoms with E-state index in [1.54, 1.807) is 0 Å². The van der Waals surface area contributed by atoms with E-state index < -0.39 is 0 Å². The van der Waals surface area contributed by atoms with Crippen molar-refractivity contribution in [2.75, 3.05) is 26.3 Å². The number of nitrogens with zero attached hydrogens (tertiary/aromatic N) is 6. The van der Waals surface area contributed by atoms with E-state index in [9.17, 15) is 0 Å². The van der Waals surface area contributed by atoms with E-state index in [0.717, 1.165) is 96.3 Å². The van der Waals surface area contributed by atoms with E-state index in [2.05, 4.69) is 117 Å². The van der Waals surface area contributed by atoms with Crippen LogP contribution in [0.4, 0.5) is 0 Å². The van der Waals surface area contributed by atoms with E-state index in [0.29, 0.717) is 26.3 Å². The highest BCUT2D eigenvalue weighted by Gasteiger charge is 2.16. The molecule has 0 radical (unpaired) electrons. The molecule has 4 aromatic carbocycles. The summed E-state index contributed by atoms with van der Waals surface area (Å²) in [6, 6.07) is 37.8. The van der Waals surface area contributed by atoms with Gasteiger partial charge in [-0.05, 0) is 94.4 Å². The van der Waals surface area contributed by atoms with E-state index in [1.807, 2.05) is 12.1 Å². The Morgan fingerprint density at radius 3 is 1.15 bits per heavy atom. The van der Waals surface area contributed by atoms with Crippen LogP contribution in [0.25, 0.3) is 32.0 Å². The van der Waals surface area contributed by atoms with Gasteiger partial charge in [0.2, 0.25) is 0 Å². The lowest BCUT2D eigenvalue weighted by Crippen LogP contribution is -2.00. The second-order valence-corrected chi connectivity index (χ2v) is 11.0. The van der Waals surface area contributed by atoms with Gasteiger partial charge in [-0.2, -0.15) is 0 Å². The van der Waals surface area contributed by atoms with Gasteiger partial charge in [0, 0.05) is 22.9 Å². The number of unbranched alkanes of at least 4 members (excludes halogenated alkanes) is 6. The molecule has 8 heteroatoms. The molecule has 236 valence electrons. The topological polar surface area (TPSA) is 116 Å². The summed E-state index contributed by atoms with van der Waals surface area (Å²) < 4.78 is 12.1. The van der Waals surface area contributed by atoms with Crippen molar-refractivity contribution in [3.8, 4) is 11.5 Å². The SMILES string of the molecule is [N-]=[N+]=NCCCCCCOc1ccc(/C(=C(\c2ccccc2)c2ccc(OCCCCCCN=[N+]=[N-])cc2)c2ccccc2)cc1. The molecule has 8 nitrogen and oxygen atoms in total. The highest BCUT2D eigenvalue weighted by molar-refractivity contribution is 6.04. The minimum absolute atomic E-state index is 0.558. The van der Waals surface area contributed by atoms with Crippen LogP contribution in [0.2, 0.25) is 0 Å². The maximum Gasteiger partial charge on any atom is 0.119 e. The van der Waals surface area contributed by atoms with Crippen LogP contribution in [0.15, 0.2) is 119 Å². The van der Waals surface area contributed by atoms with Crippen molar-refractivity contribution in [2.24, 2.45) is 10.2 Å². The summed E-state index contributed by atoms with van der Waals surface area (Å²) in [5.41, 5.74) is 23.6. The molecule has 0 amide bonds. The van der Waals surface area contributed by atoms with Crippen LogP contribution < -0.4 is 9.47 Å². The fourth-order valence-corrected chi connectivity index (χ4v) is 5.30. The minimum Gasteiger partial charge on any atom is -0.494 e. The second-order valence-electron chi connectivity index (χ2n) is 11.0. The molecule has 0 aliphatic carbocycles. The maximum absolute atomic E-state index is 8.39. The molecule has 0 aliphatic heterocycles. The molecule has 0 unspecified atom stereocenters. The highest BCUT2D eigenvalue weighted by atomic mass is 16.5. The second kappa shape index (κ2) is 20.0. The van der Waals surface area contributed by atoms with E-state index in [4.69, 9.17) is 20.5 Å². The summed E-state index contributed by atoms with van der Waals surface area (Å²) in [5, 5.41) is 7.18. The number of benzene rings is 4. The monoisotopic (exact) mass is 614 g/mol. The van der Waals surface area contributed by atoms with Crippen molar-refractivity contribution in [3.63, 3.8) is 0 Å². The Kier molecular flexibility index (Phi) is 14.7. The van der Waals surface area contributed by atoms with Crippen LogP contribution >= 0.6 is 0 Å². The Balaban J connectivity index is 1.53. The predicted octanol–water partition coefficient (Wildman–Crippen LogP) is 11.2. The Bertz CT molecular complexity index is 1460. The van der Waals surface area contributed by atoms with Crippen molar-refractivity contribution in [2.45, 2.75) is 51.4 Å². The van der Waals surface area contributed by atoms with Crippen molar-refractivity contribution in [3.05, 3.63) is 152 Å². The normalized spacial score (nSPS) is 11.1. The van der Waals surface area contributed by atoms with Gasteiger partial charge < -0.3 is 9.47 Å². The summed E-state index contributed by atoms with van der Waals surface area (Å²) in [6.07, 6.45) is 7.90. The zero-order valence-corrected chi connectivity index (χ0v) is 26.4. The summed E-state index contributed by atoms with van der Waals surface area (Å²) in [4.78, 5) is 5.61. The molecule has 0 N–H and O–H groups in total. The van der Waals surface area contributed by atoms with Gasteiger partial charge in [-0.25, -0.2) is 0 Å². The molecule has 4 rings (SSSR count). The standard InChI is InChI=1S/C38H42N6O2/c39-43-41-27-11-1-3-13-29-45-35-23-19-33(20-24-35)37(31-15-7-5-8-16-31)38(32-17-9-6-10-18-32)34-21-25-36(26-22-34)46-30-14-4-2-12-28-42-44-40/h5-10,15-26H,1-4,11-14,27-30H2/b38-37+. The summed E-state index contributed by atoms with van der Waals surface area (Å²) in [7, 11) is 0. The third-order valence-corrected chi connectivity index (χ3v) is 7.63. The lowest BCUT2D eigenvalue weighted by Gasteiger charge is -2.19. The number of hydrogen-bond acceptors (Lipinski definition) is 4. The van der Waals surface area contributed by atoms with Crippen LogP contribution in [-0.4, -0.2) is 26.3 Å². The first-order valence-corrected chi connectivity index (χ1v) is 16.1. The van der Waals surface area contributed by atoms with Crippen LogP contribution in [0, 0.1) is 0 Å². The van der Waals surface area contributed by atoms with Gasteiger partial charge in [-0.1, -0.05) is 121 Å². The van der Waals surface area contributed by atoms with Crippen LogP contribution in [0.5, 0.6) is 11.5 Å². The van der Waals surface area contributed by atoms with Crippen LogP contribution in [0.1, 0.15) is 73.6 Å². The quantitative estimate of drug-likeness (QED) is 0.0324. The Morgan fingerprint density at radius 2 is 0.783 bits per heavy atom. The Hall–Kier alpha value is -5.16. The molecular formula is C38H42N6O2. The average molecular weight is 615 g/mol. The molecule has 0 aromatic heterocycles. The maximum atomic E-state index is 8.39. The first kappa shape index (κ1) is 33.7.